The van der Waals surface area contributed by atoms with E-state index in [1.54, 1.807) is 0 Å². The van der Waals surface area contributed by atoms with Gasteiger partial charge in [-0.15, -0.1) is 84.9 Å². The van der Waals surface area contributed by atoms with Gasteiger partial charge in [0.15, 0.2) is 0 Å². The molecule has 0 radical (unpaired) electrons. The highest BCUT2D eigenvalue weighted by molar-refractivity contribution is 8.93. The fourth-order valence-electron chi connectivity index (χ4n) is 1.31. The zero-order valence-electron chi connectivity index (χ0n) is 7.86. The summed E-state index contributed by atoms with van der Waals surface area (Å²) in [6, 6.07) is 0. The van der Waals surface area contributed by atoms with E-state index < -0.39 is 0 Å². The van der Waals surface area contributed by atoms with Gasteiger partial charge in [0, 0.05) is 0 Å². The van der Waals surface area contributed by atoms with Crippen LogP contribution < -0.4 is 0 Å². The average molecular weight is 537 g/mol. The maximum Gasteiger partial charge on any atom is -0.0443 e. The minimum atomic E-state index is 0. The maximum atomic E-state index is 2.36. The number of rotatable bonds is 0. The molecule has 0 bridgehead atoms. The molecular formula is C7H22Br5P. The normalized spacial score (nSPS) is 13.6. The van der Waals surface area contributed by atoms with E-state index in [0.29, 0.717) is 0 Å². The number of halogens is 5. The van der Waals surface area contributed by atoms with Crippen molar-refractivity contribution in [1.29, 1.82) is 0 Å². The Kier molecular flexibility index (Phi) is 67.0. The molecule has 0 aromatic heterocycles. The summed E-state index contributed by atoms with van der Waals surface area (Å²) in [5.74, 6) is 1.04. The van der Waals surface area contributed by atoms with Crippen LogP contribution in [0, 0.1) is 5.92 Å². The lowest BCUT2D eigenvalue weighted by atomic mass is 9.91. The van der Waals surface area contributed by atoms with Crippen molar-refractivity contribution in [3.63, 3.8) is 0 Å². The minimum Gasteiger partial charge on any atom is -0.153 e. The van der Waals surface area contributed by atoms with Gasteiger partial charge in [-0.05, 0) is 5.92 Å². The van der Waals surface area contributed by atoms with Gasteiger partial charge in [0.1, 0.15) is 0 Å². The van der Waals surface area contributed by atoms with Gasteiger partial charge < -0.3 is 0 Å². The summed E-state index contributed by atoms with van der Waals surface area (Å²) in [7, 11) is 0. The van der Waals surface area contributed by atoms with Crippen LogP contribution in [-0.4, -0.2) is 0 Å². The zero-order valence-corrected chi connectivity index (χ0v) is 17.8. The molecule has 0 amide bonds. The van der Waals surface area contributed by atoms with Crippen molar-refractivity contribution in [2.75, 3.05) is 0 Å². The largest absolute Gasteiger partial charge is 0.153 e. The van der Waals surface area contributed by atoms with Crippen molar-refractivity contribution < 1.29 is 0 Å². The smallest absolute Gasteiger partial charge is 0.0443 e. The Labute approximate surface area is 138 Å². The molecule has 1 unspecified atom stereocenters. The first kappa shape index (κ1) is 36.0. The lowest BCUT2D eigenvalue weighted by Crippen LogP contribution is -1.99. The van der Waals surface area contributed by atoms with Gasteiger partial charge >= 0.3 is 0 Å². The highest BCUT2D eigenvalue weighted by Gasteiger charge is 2.05. The molecule has 0 aliphatic heterocycles. The Morgan fingerprint density at radius 2 is 1.00 bits per heavy atom. The number of hydrogen-bond donors (Lipinski definition) is 0. The summed E-state index contributed by atoms with van der Waals surface area (Å²) in [6.07, 6.45) is 7.44. The average Bonchev–Trinajstić information content (AvgIpc) is 1.69. The molecule has 13 heavy (non-hydrogen) atoms. The first-order valence-electron chi connectivity index (χ1n) is 3.39. The number of hydrogen-bond acceptors (Lipinski definition) is 0. The highest BCUT2D eigenvalue weighted by atomic mass is 79.9. The predicted octanol–water partition coefficient (Wildman–Crippen LogP) is 5.53. The molecule has 0 saturated heterocycles. The van der Waals surface area contributed by atoms with E-state index in [2.05, 4.69) is 6.92 Å². The second-order valence-electron chi connectivity index (χ2n) is 2.74. The quantitative estimate of drug-likeness (QED) is 0.357. The van der Waals surface area contributed by atoms with E-state index in [4.69, 9.17) is 0 Å². The third kappa shape index (κ3) is 20.8. The van der Waals surface area contributed by atoms with Crippen LogP contribution in [0.2, 0.25) is 0 Å². The third-order valence-electron chi connectivity index (χ3n) is 1.89. The SMILES string of the molecule is Br.Br.Br.Br.Br.CC1CCCCC1.P. The lowest BCUT2D eigenvalue weighted by molar-refractivity contribution is 0.385. The summed E-state index contributed by atoms with van der Waals surface area (Å²) < 4.78 is 0. The molecule has 1 atom stereocenters. The van der Waals surface area contributed by atoms with E-state index in [0.717, 1.165) is 5.92 Å². The zero-order chi connectivity index (χ0) is 5.11. The Morgan fingerprint density at radius 1 is 0.692 bits per heavy atom. The monoisotopic (exact) mass is 532 g/mol. The van der Waals surface area contributed by atoms with E-state index in [1.165, 1.54) is 32.1 Å². The molecule has 90 valence electrons. The first-order chi connectivity index (χ1) is 3.39. The van der Waals surface area contributed by atoms with Crippen LogP contribution >= 0.6 is 94.8 Å². The van der Waals surface area contributed by atoms with Crippen molar-refractivity contribution in [3.05, 3.63) is 0 Å². The van der Waals surface area contributed by atoms with Gasteiger partial charge in [0.25, 0.3) is 0 Å². The summed E-state index contributed by atoms with van der Waals surface area (Å²) in [5, 5.41) is 0. The van der Waals surface area contributed by atoms with E-state index in [-0.39, 0.29) is 94.8 Å². The lowest BCUT2D eigenvalue weighted by Gasteiger charge is -2.15. The summed E-state index contributed by atoms with van der Waals surface area (Å²) >= 11 is 0. The van der Waals surface area contributed by atoms with Crippen LogP contribution in [0.4, 0.5) is 0 Å². The molecule has 0 heterocycles. The molecule has 0 aromatic rings. The molecule has 1 rings (SSSR count). The third-order valence-corrected chi connectivity index (χ3v) is 1.89. The van der Waals surface area contributed by atoms with Crippen molar-refractivity contribution in [1.82, 2.24) is 0 Å². The van der Waals surface area contributed by atoms with Crippen molar-refractivity contribution >= 4 is 94.8 Å². The topological polar surface area (TPSA) is 0 Å². The highest BCUT2D eigenvalue weighted by Crippen LogP contribution is 2.21. The molecule has 0 spiro atoms. The molecule has 0 aromatic carbocycles. The predicted molar refractivity (Wildman–Crippen MR) is 95.0 cm³/mol. The van der Waals surface area contributed by atoms with Gasteiger partial charge in [0.2, 0.25) is 0 Å². The van der Waals surface area contributed by atoms with Crippen molar-refractivity contribution in [2.24, 2.45) is 5.92 Å². The van der Waals surface area contributed by atoms with E-state index in [9.17, 15) is 0 Å². The van der Waals surface area contributed by atoms with Crippen LogP contribution in [-0.2, 0) is 0 Å². The second-order valence-corrected chi connectivity index (χ2v) is 2.74. The van der Waals surface area contributed by atoms with E-state index >= 15 is 0 Å². The molecule has 0 N–H and O–H groups in total. The minimum absolute atomic E-state index is 0. The fourth-order valence-corrected chi connectivity index (χ4v) is 1.31. The summed E-state index contributed by atoms with van der Waals surface area (Å²) in [4.78, 5) is 0. The van der Waals surface area contributed by atoms with Crippen molar-refractivity contribution in [2.45, 2.75) is 39.0 Å². The molecule has 0 nitrogen and oxygen atoms in total. The Hall–Kier alpha value is 2.83. The maximum absolute atomic E-state index is 2.36. The first-order valence-corrected chi connectivity index (χ1v) is 3.39. The summed E-state index contributed by atoms with van der Waals surface area (Å²) in [5.41, 5.74) is 0. The molecule has 1 aliphatic carbocycles. The van der Waals surface area contributed by atoms with Gasteiger partial charge in [0.05, 0.1) is 0 Å². The van der Waals surface area contributed by atoms with Crippen LogP contribution in [0.3, 0.4) is 0 Å². The standard InChI is InChI=1S/C7H14.5BrH.H3P/c1-7-5-3-2-4-6-7;;;;;;/h7H,2-6H2,1H3;5*1H;1H3. The Bertz CT molecular complexity index is 58.8. The second kappa shape index (κ2) is 24.2. The Morgan fingerprint density at radius 3 is 1.15 bits per heavy atom. The van der Waals surface area contributed by atoms with Gasteiger partial charge in [-0.3, -0.25) is 0 Å². The van der Waals surface area contributed by atoms with Gasteiger partial charge in [-0.25, -0.2) is 0 Å². The molecule has 1 saturated carbocycles. The molecule has 6 heteroatoms. The molecule has 1 fully saturated rings. The van der Waals surface area contributed by atoms with Gasteiger partial charge in [-0.1, -0.05) is 39.0 Å². The summed E-state index contributed by atoms with van der Waals surface area (Å²) in [6.45, 7) is 2.36. The van der Waals surface area contributed by atoms with Crippen LogP contribution in [0.25, 0.3) is 0 Å². The Balaban J connectivity index is -0.0000000204. The molecular weight excluding hydrogens is 515 g/mol. The van der Waals surface area contributed by atoms with Crippen LogP contribution in [0.1, 0.15) is 39.0 Å². The van der Waals surface area contributed by atoms with E-state index in [1.807, 2.05) is 0 Å². The van der Waals surface area contributed by atoms with Crippen LogP contribution in [0.5, 0.6) is 0 Å². The fraction of sp³-hybridized carbons (Fsp3) is 1.00. The van der Waals surface area contributed by atoms with Gasteiger partial charge in [-0.2, -0.15) is 9.90 Å². The van der Waals surface area contributed by atoms with Crippen LogP contribution in [0.15, 0.2) is 0 Å². The van der Waals surface area contributed by atoms with Crippen molar-refractivity contribution in [3.8, 4) is 0 Å². The molecule has 1 aliphatic rings.